The molecule has 1 aliphatic heterocycles. The highest BCUT2D eigenvalue weighted by Crippen LogP contribution is 2.45. The van der Waals surface area contributed by atoms with E-state index in [1.807, 2.05) is 36.4 Å². The van der Waals surface area contributed by atoms with Gasteiger partial charge in [-0.3, -0.25) is 9.89 Å². The molecule has 1 unspecified atom stereocenters. The number of halogens is 1. The van der Waals surface area contributed by atoms with Crippen LogP contribution in [0.1, 0.15) is 33.4 Å². The Morgan fingerprint density at radius 2 is 1.97 bits per heavy atom. The van der Waals surface area contributed by atoms with Crippen molar-refractivity contribution in [2.75, 3.05) is 0 Å². The molecule has 0 radical (unpaired) electrons. The number of aromatic amines is 1. The first-order valence-electron chi connectivity index (χ1n) is 9.09. The average molecular weight is 406 g/mol. The monoisotopic (exact) mass is 405 g/mol. The molecule has 1 atom stereocenters. The average Bonchev–Trinajstić information content (AvgIpc) is 3.44. The van der Waals surface area contributed by atoms with Crippen molar-refractivity contribution in [1.29, 1.82) is 0 Å². The number of rotatable bonds is 4. The third-order valence-electron chi connectivity index (χ3n) is 5.10. The molecule has 144 valence electrons. The number of nitrogens with one attached hydrogen (secondary N) is 1. The number of amides is 1. The number of carbonyl (C=O) groups excluding carboxylic acids is 1. The summed E-state index contributed by atoms with van der Waals surface area (Å²) in [6.07, 6.45) is 1.59. The van der Waals surface area contributed by atoms with E-state index in [1.165, 1.54) is 6.07 Å². The van der Waals surface area contributed by atoms with Crippen LogP contribution in [0.4, 0.5) is 0 Å². The molecule has 29 heavy (non-hydrogen) atoms. The van der Waals surface area contributed by atoms with Crippen molar-refractivity contribution < 1.29 is 14.3 Å². The fraction of sp³-hybridized carbons (Fsp3) is 0.0909. The molecule has 2 N–H and O–H groups in total. The van der Waals surface area contributed by atoms with Gasteiger partial charge in [0.2, 0.25) is 0 Å². The van der Waals surface area contributed by atoms with Gasteiger partial charge in [-0.1, -0.05) is 41.9 Å². The van der Waals surface area contributed by atoms with E-state index in [4.69, 9.17) is 16.0 Å². The van der Waals surface area contributed by atoms with E-state index in [2.05, 4.69) is 10.2 Å². The minimum absolute atomic E-state index is 0.0486. The SMILES string of the molecule is O=C1c2[nH]nc(-c3cc(Cl)ccc3O)c2C(c2ccccc2)N1Cc1ccco1. The largest absolute Gasteiger partial charge is 0.507 e. The summed E-state index contributed by atoms with van der Waals surface area (Å²) in [5.74, 6) is 0.558. The van der Waals surface area contributed by atoms with E-state index in [-0.39, 0.29) is 17.7 Å². The summed E-state index contributed by atoms with van der Waals surface area (Å²) in [6, 6.07) is 17.8. The standard InChI is InChI=1S/C22H16ClN3O3/c23-14-8-9-17(27)16(11-14)19-18-20(25-24-19)22(28)26(12-15-7-4-10-29-15)21(18)13-5-2-1-3-6-13/h1-11,21,27H,12H2,(H,24,25). The molecule has 2 aromatic carbocycles. The normalized spacial score (nSPS) is 15.7. The Morgan fingerprint density at radius 3 is 2.72 bits per heavy atom. The van der Waals surface area contributed by atoms with Crippen LogP contribution in [0.15, 0.2) is 71.3 Å². The van der Waals surface area contributed by atoms with E-state index in [0.717, 1.165) is 5.56 Å². The highest BCUT2D eigenvalue weighted by Gasteiger charge is 2.42. The maximum absolute atomic E-state index is 13.2. The number of phenolic OH excluding ortho intramolecular Hbond substituents is 1. The number of H-pyrrole nitrogens is 1. The zero-order valence-electron chi connectivity index (χ0n) is 15.2. The summed E-state index contributed by atoms with van der Waals surface area (Å²) < 4.78 is 5.48. The van der Waals surface area contributed by atoms with Crippen molar-refractivity contribution in [3.8, 4) is 17.0 Å². The molecular weight excluding hydrogens is 390 g/mol. The second-order valence-corrected chi connectivity index (χ2v) is 7.28. The fourth-order valence-electron chi connectivity index (χ4n) is 3.82. The third-order valence-corrected chi connectivity index (χ3v) is 5.33. The van der Waals surface area contributed by atoms with Gasteiger partial charge in [0.25, 0.3) is 5.91 Å². The van der Waals surface area contributed by atoms with Gasteiger partial charge in [0.1, 0.15) is 22.9 Å². The van der Waals surface area contributed by atoms with Crippen molar-refractivity contribution in [3.63, 3.8) is 0 Å². The molecular formula is C22H16ClN3O3. The lowest BCUT2D eigenvalue weighted by atomic mass is 9.95. The van der Waals surface area contributed by atoms with Crippen molar-refractivity contribution in [1.82, 2.24) is 15.1 Å². The molecule has 2 aromatic heterocycles. The number of aromatic nitrogens is 2. The van der Waals surface area contributed by atoms with Crippen LogP contribution in [0.2, 0.25) is 5.02 Å². The van der Waals surface area contributed by atoms with Crippen molar-refractivity contribution in [2.24, 2.45) is 0 Å². The molecule has 7 heteroatoms. The van der Waals surface area contributed by atoms with Gasteiger partial charge in [-0.05, 0) is 35.9 Å². The number of furan rings is 1. The van der Waals surface area contributed by atoms with Gasteiger partial charge in [-0.2, -0.15) is 5.10 Å². The predicted octanol–water partition coefficient (Wildman–Crippen LogP) is 4.77. The van der Waals surface area contributed by atoms with E-state index >= 15 is 0 Å². The molecule has 1 aliphatic rings. The van der Waals surface area contributed by atoms with Crippen LogP contribution in [0, 0.1) is 0 Å². The first-order chi connectivity index (χ1) is 14.1. The lowest BCUT2D eigenvalue weighted by Gasteiger charge is -2.25. The Labute approximate surface area is 171 Å². The lowest BCUT2D eigenvalue weighted by molar-refractivity contribution is 0.0717. The maximum Gasteiger partial charge on any atom is 0.273 e. The molecule has 0 saturated heterocycles. The molecule has 3 heterocycles. The highest BCUT2D eigenvalue weighted by atomic mass is 35.5. The maximum atomic E-state index is 13.2. The molecule has 0 bridgehead atoms. The number of fused-ring (bicyclic) bond motifs is 1. The highest BCUT2D eigenvalue weighted by molar-refractivity contribution is 6.31. The van der Waals surface area contributed by atoms with Gasteiger partial charge < -0.3 is 14.4 Å². The zero-order valence-corrected chi connectivity index (χ0v) is 15.9. The molecule has 6 nitrogen and oxygen atoms in total. The van der Waals surface area contributed by atoms with Crippen LogP contribution in [0.25, 0.3) is 11.3 Å². The minimum atomic E-state index is -0.379. The summed E-state index contributed by atoms with van der Waals surface area (Å²) in [4.78, 5) is 15.0. The molecule has 0 aliphatic carbocycles. The summed E-state index contributed by atoms with van der Waals surface area (Å²) >= 11 is 6.15. The van der Waals surface area contributed by atoms with Gasteiger partial charge in [0.05, 0.1) is 18.8 Å². The summed E-state index contributed by atoms with van der Waals surface area (Å²) in [6.45, 7) is 0.314. The zero-order chi connectivity index (χ0) is 20.0. The van der Waals surface area contributed by atoms with Gasteiger partial charge in [0.15, 0.2) is 0 Å². The number of aromatic hydroxyl groups is 1. The number of nitrogens with zero attached hydrogens (tertiary/aromatic N) is 2. The smallest absolute Gasteiger partial charge is 0.273 e. The van der Waals surface area contributed by atoms with Crippen LogP contribution in [0.5, 0.6) is 5.75 Å². The second-order valence-electron chi connectivity index (χ2n) is 6.85. The molecule has 4 aromatic rings. The van der Waals surface area contributed by atoms with Crippen molar-refractivity contribution in [2.45, 2.75) is 12.6 Å². The summed E-state index contributed by atoms with van der Waals surface area (Å²) in [5, 5.41) is 18.1. The Kier molecular flexibility index (Phi) is 4.14. The number of hydrogen-bond acceptors (Lipinski definition) is 4. The van der Waals surface area contributed by atoms with Crippen molar-refractivity contribution in [3.05, 3.63) is 94.5 Å². The Balaban J connectivity index is 1.69. The lowest BCUT2D eigenvalue weighted by Crippen LogP contribution is -2.28. The van der Waals surface area contributed by atoms with Gasteiger partial charge in [-0.25, -0.2) is 0 Å². The van der Waals surface area contributed by atoms with Crippen LogP contribution in [0.3, 0.4) is 0 Å². The Hall–Kier alpha value is -3.51. The quantitative estimate of drug-likeness (QED) is 0.512. The second kappa shape index (κ2) is 6.83. The topological polar surface area (TPSA) is 82.4 Å². The van der Waals surface area contributed by atoms with E-state index in [0.29, 0.717) is 39.8 Å². The van der Waals surface area contributed by atoms with E-state index in [1.54, 1.807) is 29.4 Å². The third kappa shape index (κ3) is 2.89. The molecule has 1 amide bonds. The number of phenols is 1. The number of benzene rings is 2. The van der Waals surface area contributed by atoms with Crippen LogP contribution < -0.4 is 0 Å². The first-order valence-corrected chi connectivity index (χ1v) is 9.46. The van der Waals surface area contributed by atoms with Gasteiger partial charge in [0, 0.05) is 16.1 Å². The Morgan fingerprint density at radius 1 is 1.14 bits per heavy atom. The molecule has 5 rings (SSSR count). The predicted molar refractivity (Wildman–Crippen MR) is 108 cm³/mol. The summed E-state index contributed by atoms with van der Waals surface area (Å²) in [7, 11) is 0. The summed E-state index contributed by atoms with van der Waals surface area (Å²) in [5.41, 5.74) is 3.04. The van der Waals surface area contributed by atoms with E-state index in [9.17, 15) is 9.90 Å². The van der Waals surface area contributed by atoms with Gasteiger partial charge in [-0.15, -0.1) is 0 Å². The van der Waals surface area contributed by atoms with Crippen LogP contribution in [-0.2, 0) is 6.54 Å². The van der Waals surface area contributed by atoms with Gasteiger partial charge >= 0.3 is 0 Å². The van der Waals surface area contributed by atoms with E-state index < -0.39 is 0 Å². The van der Waals surface area contributed by atoms with Crippen molar-refractivity contribution >= 4 is 17.5 Å². The Bertz CT molecular complexity index is 1190. The number of carbonyl (C=O) groups is 1. The first kappa shape index (κ1) is 17.6. The molecule has 0 saturated carbocycles. The number of hydrogen-bond donors (Lipinski definition) is 2. The molecule has 0 spiro atoms. The van der Waals surface area contributed by atoms with Crippen LogP contribution in [-0.4, -0.2) is 26.1 Å². The minimum Gasteiger partial charge on any atom is -0.507 e. The molecule has 0 fully saturated rings. The van der Waals surface area contributed by atoms with Crippen LogP contribution >= 0.6 is 11.6 Å². The fourth-order valence-corrected chi connectivity index (χ4v) is 3.99.